The highest BCUT2D eigenvalue weighted by Crippen LogP contribution is 2.27. The van der Waals surface area contributed by atoms with Gasteiger partial charge < -0.3 is 25.8 Å². The Labute approximate surface area is 174 Å². The molecule has 0 unspecified atom stereocenters. The molecule has 12 nitrogen and oxygen atoms in total. The predicted octanol–water partition coefficient (Wildman–Crippen LogP) is -2.29. The maximum Gasteiger partial charge on any atom is 0.330 e. The van der Waals surface area contributed by atoms with E-state index in [1.165, 1.54) is 12.1 Å². The lowest BCUT2D eigenvalue weighted by molar-refractivity contribution is -0.121. The monoisotopic (exact) mass is 434 g/mol. The normalized spacial score (nSPS) is 21.6. The van der Waals surface area contributed by atoms with Crippen LogP contribution in [0.2, 0.25) is 0 Å². The van der Waals surface area contributed by atoms with Crippen LogP contribution >= 0.6 is 0 Å². The highest BCUT2D eigenvalue weighted by Gasteiger charge is 2.35. The summed E-state index contributed by atoms with van der Waals surface area (Å²) >= 11 is 0. The van der Waals surface area contributed by atoms with Gasteiger partial charge in [0, 0.05) is 12.6 Å². The van der Waals surface area contributed by atoms with Crippen LogP contribution in [-0.2, 0) is 16.0 Å². The zero-order chi connectivity index (χ0) is 22.7. The topological polar surface area (TPSA) is 197 Å². The summed E-state index contributed by atoms with van der Waals surface area (Å²) in [5.41, 5.74) is 4.03. The summed E-state index contributed by atoms with van der Waals surface area (Å²) in [6.45, 7) is -0.476. The molecule has 0 bridgehead atoms. The highest BCUT2D eigenvalue weighted by atomic mass is 16.5. The Bertz CT molecular complexity index is 1080. The Morgan fingerprint density at radius 1 is 1.29 bits per heavy atom. The van der Waals surface area contributed by atoms with Gasteiger partial charge in [-0.05, 0) is 24.1 Å². The van der Waals surface area contributed by atoms with Crippen molar-refractivity contribution in [2.24, 2.45) is 5.73 Å². The number of benzene rings is 1. The van der Waals surface area contributed by atoms with Crippen molar-refractivity contribution in [1.29, 1.82) is 0 Å². The Morgan fingerprint density at radius 3 is 2.58 bits per heavy atom. The molecule has 1 aromatic carbocycles. The van der Waals surface area contributed by atoms with Crippen molar-refractivity contribution in [3.05, 3.63) is 62.4 Å². The fraction of sp³-hybridized carbons (Fsp3) is 0.368. The van der Waals surface area contributed by atoms with E-state index >= 15 is 0 Å². The van der Waals surface area contributed by atoms with Gasteiger partial charge >= 0.3 is 5.69 Å². The van der Waals surface area contributed by atoms with Gasteiger partial charge in [0.25, 0.3) is 11.5 Å². The number of aromatic nitrogens is 2. The molecule has 2 amide bonds. The van der Waals surface area contributed by atoms with E-state index in [-0.39, 0.29) is 18.6 Å². The second-order valence-corrected chi connectivity index (χ2v) is 7.12. The number of carbonyl (C=O) groups is 2. The predicted molar refractivity (Wildman–Crippen MR) is 105 cm³/mol. The quantitative estimate of drug-likeness (QED) is 0.290. The number of H-pyrrole nitrogens is 1. The number of hydrogen-bond acceptors (Lipinski definition) is 9. The minimum Gasteiger partial charge on any atom is -0.508 e. The molecule has 1 aliphatic rings. The second-order valence-electron chi connectivity index (χ2n) is 7.12. The van der Waals surface area contributed by atoms with Gasteiger partial charge in [0.15, 0.2) is 0 Å². The molecule has 0 radical (unpaired) electrons. The number of aromatic amines is 1. The van der Waals surface area contributed by atoms with Crippen LogP contribution in [-0.4, -0.2) is 61.5 Å². The molecule has 31 heavy (non-hydrogen) atoms. The van der Waals surface area contributed by atoms with Crippen molar-refractivity contribution in [1.82, 2.24) is 14.9 Å². The van der Waals surface area contributed by atoms with Crippen molar-refractivity contribution < 1.29 is 29.6 Å². The zero-order valence-electron chi connectivity index (χ0n) is 16.2. The third kappa shape index (κ3) is 5.06. The Balaban J connectivity index is 1.73. The van der Waals surface area contributed by atoms with Crippen molar-refractivity contribution in [2.45, 2.75) is 37.3 Å². The zero-order valence-corrected chi connectivity index (χ0v) is 16.2. The van der Waals surface area contributed by atoms with E-state index in [0.29, 0.717) is 5.56 Å². The van der Waals surface area contributed by atoms with Crippen LogP contribution in [0.25, 0.3) is 0 Å². The van der Waals surface area contributed by atoms with Gasteiger partial charge in [0.05, 0.1) is 18.8 Å². The lowest BCUT2D eigenvalue weighted by Crippen LogP contribution is -2.46. The van der Waals surface area contributed by atoms with Crippen LogP contribution in [0.4, 0.5) is 0 Å². The van der Waals surface area contributed by atoms with E-state index in [1.54, 1.807) is 12.1 Å². The molecular formula is C19H22N4O8. The lowest BCUT2D eigenvalue weighted by atomic mass is 10.1. The number of carbonyl (C=O) groups excluding carboxylic acids is 2. The van der Waals surface area contributed by atoms with Gasteiger partial charge in [-0.3, -0.25) is 29.3 Å². The van der Waals surface area contributed by atoms with Crippen LogP contribution in [0.3, 0.4) is 0 Å². The molecule has 166 valence electrons. The minimum atomic E-state index is -1.11. The smallest absolute Gasteiger partial charge is 0.330 e. The summed E-state index contributed by atoms with van der Waals surface area (Å²) < 4.78 is 6.26. The molecule has 0 aliphatic carbocycles. The van der Waals surface area contributed by atoms with Gasteiger partial charge in [0.1, 0.15) is 23.6 Å². The summed E-state index contributed by atoms with van der Waals surface area (Å²) in [4.78, 5) is 50.9. The SMILES string of the molecule is N[C@@H](Cc1ccc(O)cc1)C(=O)NC(=O)c1cn([C@H]2C[C@H](O)[C@@H](CO)O2)c(=O)[nH]c1=O. The summed E-state index contributed by atoms with van der Waals surface area (Å²) in [5, 5.41) is 30.3. The maximum atomic E-state index is 12.5. The number of rotatable bonds is 6. The van der Waals surface area contributed by atoms with E-state index in [0.717, 1.165) is 10.8 Å². The second kappa shape index (κ2) is 9.22. The summed E-state index contributed by atoms with van der Waals surface area (Å²) in [6.07, 6.45) is -2.02. The van der Waals surface area contributed by atoms with Crippen molar-refractivity contribution in [3.8, 4) is 5.75 Å². The van der Waals surface area contributed by atoms with E-state index in [9.17, 15) is 34.5 Å². The fourth-order valence-corrected chi connectivity index (χ4v) is 3.16. The number of aromatic hydroxyl groups is 1. The standard InChI is InChI=1S/C19H22N4O8/c20-12(5-9-1-3-10(25)4-2-9)18(29)21-16(27)11-7-23(19(30)22-17(11)28)15-6-13(26)14(8-24)31-15/h1-4,7,12-15,24-26H,5-6,8,20H2,(H,21,27,29)(H,22,28,30)/t12-,13-,14+,15+/m0/s1. The van der Waals surface area contributed by atoms with Crippen LogP contribution in [0.1, 0.15) is 28.6 Å². The molecule has 0 saturated carbocycles. The third-order valence-corrected chi connectivity index (χ3v) is 4.87. The number of nitrogens with zero attached hydrogens (tertiary/aromatic N) is 1. The average Bonchev–Trinajstić information content (AvgIpc) is 3.09. The Hall–Kier alpha value is -3.32. The van der Waals surface area contributed by atoms with Gasteiger partial charge in [-0.2, -0.15) is 0 Å². The third-order valence-electron chi connectivity index (χ3n) is 4.87. The number of amides is 2. The van der Waals surface area contributed by atoms with Gasteiger partial charge in [-0.25, -0.2) is 4.79 Å². The van der Waals surface area contributed by atoms with Crippen LogP contribution in [0, 0.1) is 0 Å². The number of nitrogens with two attached hydrogens (primary N) is 1. The molecule has 1 aromatic heterocycles. The number of imide groups is 1. The minimum absolute atomic E-state index is 0.0470. The van der Waals surface area contributed by atoms with Crippen molar-refractivity contribution in [3.63, 3.8) is 0 Å². The van der Waals surface area contributed by atoms with Crippen LogP contribution in [0.15, 0.2) is 40.1 Å². The molecule has 1 fully saturated rings. The first kappa shape index (κ1) is 22.4. The molecular weight excluding hydrogens is 412 g/mol. The van der Waals surface area contributed by atoms with E-state index < -0.39 is 59.7 Å². The van der Waals surface area contributed by atoms with Gasteiger partial charge in [-0.1, -0.05) is 12.1 Å². The summed E-state index contributed by atoms with van der Waals surface area (Å²) in [5.74, 6) is -1.86. The molecule has 1 saturated heterocycles. The Morgan fingerprint density at radius 2 is 1.97 bits per heavy atom. The average molecular weight is 434 g/mol. The first-order valence-electron chi connectivity index (χ1n) is 9.38. The van der Waals surface area contributed by atoms with E-state index in [4.69, 9.17) is 10.5 Å². The van der Waals surface area contributed by atoms with Gasteiger partial charge in [0.2, 0.25) is 5.91 Å². The maximum absolute atomic E-state index is 12.5. The number of phenolic OH excluding ortho intramolecular Hbond substituents is 1. The number of phenols is 1. The lowest BCUT2D eigenvalue weighted by Gasteiger charge is -2.15. The first-order chi connectivity index (χ1) is 14.7. The van der Waals surface area contributed by atoms with E-state index in [1.807, 2.05) is 10.3 Å². The molecule has 2 heterocycles. The fourth-order valence-electron chi connectivity index (χ4n) is 3.16. The van der Waals surface area contributed by atoms with E-state index in [2.05, 4.69) is 0 Å². The first-order valence-corrected chi connectivity index (χ1v) is 9.38. The largest absolute Gasteiger partial charge is 0.508 e. The number of nitrogens with one attached hydrogen (secondary N) is 2. The van der Waals surface area contributed by atoms with Crippen LogP contribution in [0.5, 0.6) is 5.75 Å². The number of hydrogen-bond donors (Lipinski definition) is 6. The molecule has 0 spiro atoms. The molecule has 1 aliphatic heterocycles. The Kier molecular flexibility index (Phi) is 6.65. The number of aliphatic hydroxyl groups is 2. The van der Waals surface area contributed by atoms with Crippen LogP contribution < -0.4 is 22.3 Å². The highest BCUT2D eigenvalue weighted by molar-refractivity contribution is 6.05. The number of ether oxygens (including phenoxy) is 1. The number of aliphatic hydroxyl groups excluding tert-OH is 2. The summed E-state index contributed by atoms with van der Waals surface area (Å²) in [7, 11) is 0. The molecule has 7 N–H and O–H groups in total. The van der Waals surface area contributed by atoms with Gasteiger partial charge in [-0.15, -0.1) is 0 Å². The molecule has 4 atom stereocenters. The summed E-state index contributed by atoms with van der Waals surface area (Å²) in [6, 6.07) is 4.88. The molecule has 2 aromatic rings. The molecule has 3 rings (SSSR count). The van der Waals surface area contributed by atoms with Crippen molar-refractivity contribution in [2.75, 3.05) is 6.61 Å². The molecule has 12 heteroatoms. The van der Waals surface area contributed by atoms with Crippen molar-refractivity contribution >= 4 is 11.8 Å².